The molecule has 2 nitrogen and oxygen atoms in total. The lowest BCUT2D eigenvalue weighted by Crippen LogP contribution is -1.95. The molecule has 6 heteroatoms. The first-order valence-corrected chi connectivity index (χ1v) is 7.57. The molecule has 2 rings (SSSR count). The van der Waals surface area contributed by atoms with Gasteiger partial charge < -0.3 is 0 Å². The summed E-state index contributed by atoms with van der Waals surface area (Å²) in [6.45, 7) is 0. The van der Waals surface area contributed by atoms with E-state index in [9.17, 15) is 12.8 Å². The van der Waals surface area contributed by atoms with Crippen molar-refractivity contribution < 1.29 is 12.8 Å². The first-order chi connectivity index (χ1) is 8.38. The van der Waals surface area contributed by atoms with Crippen molar-refractivity contribution in [1.82, 2.24) is 0 Å². The molecular weight excluding hydrogens is 298 g/mol. The molecule has 0 saturated carbocycles. The number of rotatable bonds is 2. The highest BCUT2D eigenvalue weighted by Gasteiger charge is 2.17. The van der Waals surface area contributed by atoms with Crippen molar-refractivity contribution in [2.75, 3.05) is 0 Å². The fourth-order valence-electron chi connectivity index (χ4n) is 1.54. The molecule has 0 aliphatic heterocycles. The Morgan fingerprint density at radius 1 is 1.00 bits per heavy atom. The van der Waals surface area contributed by atoms with Gasteiger partial charge in [-0.1, -0.05) is 29.8 Å². The van der Waals surface area contributed by atoms with Crippen LogP contribution in [0.1, 0.15) is 0 Å². The first kappa shape index (κ1) is 13.3. The number of halogens is 3. The Balaban J connectivity index is 2.61. The van der Waals surface area contributed by atoms with Crippen molar-refractivity contribution >= 4 is 31.3 Å². The van der Waals surface area contributed by atoms with Crippen LogP contribution in [-0.4, -0.2) is 8.42 Å². The van der Waals surface area contributed by atoms with E-state index in [-0.39, 0.29) is 0 Å². The van der Waals surface area contributed by atoms with Gasteiger partial charge in [0, 0.05) is 15.7 Å². The maximum atomic E-state index is 13.4. The molecule has 0 aliphatic rings. The van der Waals surface area contributed by atoms with Gasteiger partial charge in [0.2, 0.25) is 0 Å². The molecule has 18 heavy (non-hydrogen) atoms. The summed E-state index contributed by atoms with van der Waals surface area (Å²) in [4.78, 5) is -0.540. The Hall–Kier alpha value is -1.10. The lowest BCUT2D eigenvalue weighted by atomic mass is 10.1. The fraction of sp³-hybridized carbons (Fsp3) is 0. The Labute approximate surface area is 113 Å². The van der Waals surface area contributed by atoms with E-state index < -0.39 is 19.8 Å². The Morgan fingerprint density at radius 2 is 1.67 bits per heavy atom. The molecule has 0 amide bonds. The van der Waals surface area contributed by atoms with Crippen LogP contribution in [0.3, 0.4) is 0 Å². The van der Waals surface area contributed by atoms with Crippen molar-refractivity contribution in [2.24, 2.45) is 0 Å². The van der Waals surface area contributed by atoms with E-state index >= 15 is 0 Å². The van der Waals surface area contributed by atoms with Gasteiger partial charge in [-0.25, -0.2) is 12.8 Å². The Bertz CT molecular complexity index is 699. The number of hydrogen-bond donors (Lipinski definition) is 0. The summed E-state index contributed by atoms with van der Waals surface area (Å²) < 4.78 is 35.8. The number of hydrogen-bond acceptors (Lipinski definition) is 2. The summed E-state index contributed by atoms with van der Waals surface area (Å²) in [5.74, 6) is -0.879. The third-order valence-electron chi connectivity index (χ3n) is 2.35. The maximum absolute atomic E-state index is 13.4. The van der Waals surface area contributed by atoms with Crippen LogP contribution in [0.25, 0.3) is 11.1 Å². The van der Waals surface area contributed by atoms with Crippen molar-refractivity contribution in [3.8, 4) is 11.1 Å². The first-order valence-electron chi connectivity index (χ1n) is 4.88. The van der Waals surface area contributed by atoms with E-state index in [0.29, 0.717) is 16.1 Å². The highest BCUT2D eigenvalue weighted by atomic mass is 35.7. The van der Waals surface area contributed by atoms with Gasteiger partial charge in [0.25, 0.3) is 9.05 Å². The van der Waals surface area contributed by atoms with Crippen molar-refractivity contribution in [2.45, 2.75) is 4.90 Å². The van der Waals surface area contributed by atoms with Crippen LogP contribution in [0.15, 0.2) is 47.4 Å². The molecule has 0 N–H and O–H groups in total. The zero-order valence-electron chi connectivity index (χ0n) is 8.90. The van der Waals surface area contributed by atoms with Crippen LogP contribution < -0.4 is 0 Å². The maximum Gasteiger partial charge on any atom is 0.264 e. The van der Waals surface area contributed by atoms with E-state index in [4.69, 9.17) is 22.3 Å². The summed E-state index contributed by atoms with van der Waals surface area (Å²) in [6.07, 6.45) is 0. The predicted molar refractivity (Wildman–Crippen MR) is 69.9 cm³/mol. The third kappa shape index (κ3) is 2.83. The molecule has 0 aliphatic carbocycles. The third-order valence-corrected chi connectivity index (χ3v) is 3.92. The van der Waals surface area contributed by atoms with Gasteiger partial charge in [0.1, 0.15) is 10.7 Å². The molecule has 0 saturated heterocycles. The second-order valence-corrected chi connectivity index (χ2v) is 6.56. The monoisotopic (exact) mass is 304 g/mol. The van der Waals surface area contributed by atoms with Gasteiger partial charge in [-0.05, 0) is 35.4 Å². The van der Waals surface area contributed by atoms with Crippen LogP contribution in [0.2, 0.25) is 5.02 Å². The van der Waals surface area contributed by atoms with E-state index in [0.717, 1.165) is 6.07 Å². The molecule has 94 valence electrons. The number of benzene rings is 2. The second kappa shape index (κ2) is 4.88. The standard InChI is InChI=1S/C12H7Cl2FO2S/c13-10-3-1-2-8(6-10)9-4-5-11(15)12(7-9)18(14,16)17/h1-7H. The zero-order valence-corrected chi connectivity index (χ0v) is 11.2. The Morgan fingerprint density at radius 3 is 2.28 bits per heavy atom. The van der Waals surface area contributed by atoms with Crippen LogP contribution in [-0.2, 0) is 9.05 Å². The van der Waals surface area contributed by atoms with E-state index in [1.807, 2.05) is 0 Å². The molecule has 0 spiro atoms. The highest BCUT2D eigenvalue weighted by Crippen LogP contribution is 2.28. The van der Waals surface area contributed by atoms with Crippen molar-refractivity contribution in [3.63, 3.8) is 0 Å². The zero-order chi connectivity index (χ0) is 13.3. The van der Waals surface area contributed by atoms with Gasteiger partial charge >= 0.3 is 0 Å². The minimum absolute atomic E-state index is 0.507. The van der Waals surface area contributed by atoms with E-state index in [2.05, 4.69) is 0 Å². The summed E-state index contributed by atoms with van der Waals surface area (Å²) in [5, 5.41) is 0.507. The topological polar surface area (TPSA) is 34.1 Å². The quantitative estimate of drug-likeness (QED) is 0.784. The van der Waals surface area contributed by atoms with Crippen molar-refractivity contribution in [3.05, 3.63) is 53.3 Å². The minimum Gasteiger partial charge on any atom is -0.207 e. The van der Waals surface area contributed by atoms with Gasteiger partial charge in [-0.2, -0.15) is 0 Å². The SMILES string of the molecule is O=S(=O)(Cl)c1cc(-c2cccc(Cl)c2)ccc1F. The molecule has 0 aromatic heterocycles. The average Bonchev–Trinajstić information content (AvgIpc) is 2.28. The molecular formula is C12H7Cl2FO2S. The molecule has 0 radical (unpaired) electrons. The summed E-state index contributed by atoms with van der Waals surface area (Å²) >= 11 is 5.84. The largest absolute Gasteiger partial charge is 0.264 e. The van der Waals surface area contributed by atoms with Gasteiger partial charge in [0.15, 0.2) is 0 Å². The second-order valence-electron chi connectivity index (χ2n) is 3.59. The summed E-state index contributed by atoms with van der Waals surface area (Å²) in [6, 6.07) is 10.5. The minimum atomic E-state index is -4.11. The molecule has 0 heterocycles. The van der Waals surface area contributed by atoms with Crippen LogP contribution >= 0.6 is 22.3 Å². The van der Waals surface area contributed by atoms with Gasteiger partial charge in [-0.15, -0.1) is 0 Å². The van der Waals surface area contributed by atoms with Gasteiger partial charge in [-0.3, -0.25) is 0 Å². The molecule has 2 aromatic carbocycles. The molecule has 0 unspecified atom stereocenters. The van der Waals surface area contributed by atoms with E-state index in [1.54, 1.807) is 24.3 Å². The Kier molecular flexibility index (Phi) is 3.61. The van der Waals surface area contributed by atoms with Crippen LogP contribution in [0.4, 0.5) is 4.39 Å². The van der Waals surface area contributed by atoms with Crippen LogP contribution in [0, 0.1) is 5.82 Å². The average molecular weight is 305 g/mol. The highest BCUT2D eigenvalue weighted by molar-refractivity contribution is 8.13. The fourth-order valence-corrected chi connectivity index (χ4v) is 2.65. The molecule has 0 bridgehead atoms. The van der Waals surface area contributed by atoms with Crippen LogP contribution in [0.5, 0.6) is 0 Å². The molecule has 0 atom stereocenters. The summed E-state index contributed by atoms with van der Waals surface area (Å²) in [7, 11) is 1.05. The lowest BCUT2D eigenvalue weighted by molar-refractivity contribution is 0.576. The smallest absolute Gasteiger partial charge is 0.207 e. The van der Waals surface area contributed by atoms with Gasteiger partial charge in [0.05, 0.1) is 0 Å². The molecule has 0 fully saturated rings. The normalized spacial score (nSPS) is 11.5. The predicted octanol–water partition coefficient (Wildman–Crippen LogP) is 4.07. The molecule has 2 aromatic rings. The summed E-state index contributed by atoms with van der Waals surface area (Å²) in [5.41, 5.74) is 1.21. The van der Waals surface area contributed by atoms with E-state index in [1.165, 1.54) is 12.1 Å². The van der Waals surface area contributed by atoms with Crippen molar-refractivity contribution in [1.29, 1.82) is 0 Å². The lowest BCUT2D eigenvalue weighted by Gasteiger charge is -2.05.